The van der Waals surface area contributed by atoms with Crippen LogP contribution >= 0.6 is 11.3 Å². The number of thiophene rings is 1. The zero-order valence-electron chi connectivity index (χ0n) is 21.9. The van der Waals surface area contributed by atoms with Crippen molar-refractivity contribution < 1.29 is 19.0 Å². The van der Waals surface area contributed by atoms with Crippen LogP contribution in [0.4, 0.5) is 0 Å². The molecule has 2 aromatic carbocycles. The number of hydrogen-bond donors (Lipinski definition) is 0. The third kappa shape index (κ3) is 5.56. The molecule has 10 heteroatoms. The van der Waals surface area contributed by atoms with E-state index in [9.17, 15) is 9.59 Å². The lowest BCUT2D eigenvalue weighted by molar-refractivity contribution is -0.133. The summed E-state index contributed by atoms with van der Waals surface area (Å²) in [5, 5.41) is 12.6. The number of amides is 1. The van der Waals surface area contributed by atoms with Crippen LogP contribution in [-0.4, -0.2) is 47.2 Å². The van der Waals surface area contributed by atoms with E-state index in [0.29, 0.717) is 30.2 Å². The van der Waals surface area contributed by atoms with E-state index >= 15 is 0 Å². The van der Waals surface area contributed by atoms with Crippen LogP contribution in [0.3, 0.4) is 0 Å². The molecule has 1 unspecified atom stereocenters. The van der Waals surface area contributed by atoms with Crippen molar-refractivity contribution in [1.82, 2.24) is 14.8 Å². The smallest absolute Gasteiger partial charge is 0.267 e. The van der Waals surface area contributed by atoms with Gasteiger partial charge in [-0.3, -0.25) is 9.59 Å². The third-order valence-corrected chi connectivity index (χ3v) is 7.30. The fourth-order valence-electron chi connectivity index (χ4n) is 4.46. The Morgan fingerprint density at radius 2 is 1.82 bits per heavy atom. The Morgan fingerprint density at radius 3 is 2.51 bits per heavy atom. The van der Waals surface area contributed by atoms with Crippen LogP contribution < -0.4 is 19.8 Å². The lowest BCUT2D eigenvalue weighted by Gasteiger charge is -2.23. The van der Waals surface area contributed by atoms with E-state index in [2.05, 4.69) is 5.10 Å². The first-order chi connectivity index (χ1) is 19.0. The molecule has 4 aromatic rings. The monoisotopic (exact) mass is 544 g/mol. The van der Waals surface area contributed by atoms with Crippen molar-refractivity contribution in [1.29, 1.82) is 0 Å². The van der Waals surface area contributed by atoms with Crippen molar-refractivity contribution in [2.45, 2.75) is 25.9 Å². The van der Waals surface area contributed by atoms with E-state index < -0.39 is 0 Å². The van der Waals surface area contributed by atoms with Gasteiger partial charge in [0.15, 0.2) is 11.5 Å². The summed E-state index contributed by atoms with van der Waals surface area (Å²) < 4.78 is 17.6. The normalized spacial score (nSPS) is 14.7. The molecule has 0 N–H and O–H groups in total. The molecule has 9 nitrogen and oxygen atoms in total. The van der Waals surface area contributed by atoms with Gasteiger partial charge in [-0.2, -0.15) is 10.2 Å². The first kappa shape index (κ1) is 26.2. The Balaban J connectivity index is 1.44. The van der Waals surface area contributed by atoms with Crippen LogP contribution in [0.5, 0.6) is 17.2 Å². The van der Waals surface area contributed by atoms with Gasteiger partial charge in [0.2, 0.25) is 0 Å². The Morgan fingerprint density at radius 1 is 1.03 bits per heavy atom. The highest BCUT2D eigenvalue weighted by Gasteiger charge is 2.34. The highest BCUT2D eigenvalue weighted by molar-refractivity contribution is 7.12. The summed E-state index contributed by atoms with van der Waals surface area (Å²) in [6.45, 7) is 2.24. The van der Waals surface area contributed by atoms with E-state index in [0.717, 1.165) is 27.5 Å². The minimum absolute atomic E-state index is 0.255. The van der Waals surface area contributed by atoms with Gasteiger partial charge in [0.25, 0.3) is 11.5 Å². The van der Waals surface area contributed by atoms with Crippen LogP contribution in [0.1, 0.15) is 29.8 Å². The SMILES string of the molecule is CCOc1ccc(-c2ccc(=O)n(CC(=O)N3N=C(c4cccs4)CC3c3ccc(OC)c(OC)c3)n2)cc1. The maximum absolute atomic E-state index is 13.7. The predicted octanol–water partition coefficient (Wildman–Crippen LogP) is 4.77. The Labute approximate surface area is 229 Å². The van der Waals surface area contributed by atoms with E-state index in [1.807, 2.05) is 66.9 Å². The third-order valence-electron chi connectivity index (χ3n) is 6.38. The van der Waals surface area contributed by atoms with Crippen molar-refractivity contribution in [3.05, 3.63) is 92.9 Å². The van der Waals surface area contributed by atoms with E-state index in [1.54, 1.807) is 31.6 Å². The second kappa shape index (κ2) is 11.5. The summed E-state index contributed by atoms with van der Waals surface area (Å²) in [6, 6.07) is 19.6. The molecule has 3 heterocycles. The molecular weight excluding hydrogens is 516 g/mol. The van der Waals surface area contributed by atoms with Crippen molar-refractivity contribution in [3.63, 3.8) is 0 Å². The molecule has 5 rings (SSSR count). The quantitative estimate of drug-likeness (QED) is 0.301. The predicted molar refractivity (Wildman–Crippen MR) is 150 cm³/mol. The molecule has 39 heavy (non-hydrogen) atoms. The fourth-order valence-corrected chi connectivity index (χ4v) is 5.18. The van der Waals surface area contributed by atoms with Gasteiger partial charge in [-0.1, -0.05) is 12.1 Å². The highest BCUT2D eigenvalue weighted by Crippen LogP contribution is 2.38. The molecule has 0 saturated heterocycles. The molecule has 0 saturated carbocycles. The molecule has 0 aliphatic carbocycles. The number of methoxy groups -OCH3 is 2. The van der Waals surface area contributed by atoms with Crippen LogP contribution in [0.15, 0.2) is 82.0 Å². The molecule has 200 valence electrons. The van der Waals surface area contributed by atoms with Gasteiger partial charge in [-0.25, -0.2) is 9.69 Å². The van der Waals surface area contributed by atoms with Gasteiger partial charge in [0, 0.05) is 18.1 Å². The Kier molecular flexibility index (Phi) is 7.74. The van der Waals surface area contributed by atoms with Gasteiger partial charge >= 0.3 is 0 Å². The lowest BCUT2D eigenvalue weighted by atomic mass is 10.0. The summed E-state index contributed by atoms with van der Waals surface area (Å²) in [6.07, 6.45) is 0.524. The van der Waals surface area contributed by atoms with E-state index in [1.165, 1.54) is 15.8 Å². The number of hydrogen-bond acceptors (Lipinski definition) is 8. The lowest BCUT2D eigenvalue weighted by Crippen LogP contribution is -2.35. The maximum atomic E-state index is 13.7. The fraction of sp³-hybridized carbons (Fsp3) is 0.241. The number of benzene rings is 2. The topological polar surface area (TPSA) is 95.2 Å². The Bertz CT molecular complexity index is 1550. The largest absolute Gasteiger partial charge is 0.494 e. The number of carbonyl (C=O) groups is 1. The van der Waals surface area contributed by atoms with E-state index in [-0.39, 0.29) is 24.1 Å². The maximum Gasteiger partial charge on any atom is 0.267 e. The van der Waals surface area contributed by atoms with Gasteiger partial charge in [-0.15, -0.1) is 11.3 Å². The van der Waals surface area contributed by atoms with Crippen molar-refractivity contribution >= 4 is 23.0 Å². The number of rotatable bonds is 9. The second-order valence-corrected chi connectivity index (χ2v) is 9.72. The van der Waals surface area contributed by atoms with Crippen LogP contribution in [-0.2, 0) is 11.3 Å². The molecule has 0 bridgehead atoms. The number of aromatic nitrogens is 2. The number of hydrazone groups is 1. The number of carbonyl (C=O) groups excluding carboxylic acids is 1. The molecule has 1 aliphatic rings. The molecular formula is C29H28N4O5S. The standard InChI is InChI=1S/C29H28N4O5S/c1-4-38-21-10-7-19(8-11-21)22-12-14-28(34)32(30-22)18-29(35)33-24(17-23(31-33)27-6-5-15-39-27)20-9-13-25(36-2)26(16-20)37-3/h5-16,24H,4,17-18H2,1-3H3. The molecule has 1 atom stereocenters. The minimum Gasteiger partial charge on any atom is -0.494 e. The van der Waals surface area contributed by atoms with Crippen molar-refractivity contribution in [2.24, 2.45) is 5.10 Å². The van der Waals surface area contributed by atoms with Gasteiger partial charge in [0.05, 0.1) is 43.2 Å². The zero-order valence-corrected chi connectivity index (χ0v) is 22.7. The van der Waals surface area contributed by atoms with Crippen LogP contribution in [0.2, 0.25) is 0 Å². The number of nitrogens with zero attached hydrogens (tertiary/aromatic N) is 4. The zero-order chi connectivity index (χ0) is 27.4. The van der Waals surface area contributed by atoms with Gasteiger partial charge < -0.3 is 14.2 Å². The first-order valence-corrected chi connectivity index (χ1v) is 13.4. The van der Waals surface area contributed by atoms with Gasteiger partial charge in [0.1, 0.15) is 12.3 Å². The van der Waals surface area contributed by atoms with Gasteiger partial charge in [-0.05, 0) is 66.4 Å². The molecule has 0 fully saturated rings. The molecule has 0 radical (unpaired) electrons. The molecule has 2 aromatic heterocycles. The second-order valence-electron chi connectivity index (χ2n) is 8.77. The molecule has 1 amide bonds. The summed E-state index contributed by atoms with van der Waals surface area (Å²) in [7, 11) is 3.15. The van der Waals surface area contributed by atoms with E-state index in [4.69, 9.17) is 19.3 Å². The van der Waals surface area contributed by atoms with Crippen LogP contribution in [0, 0.1) is 0 Å². The average molecular weight is 545 g/mol. The van der Waals surface area contributed by atoms with Crippen LogP contribution in [0.25, 0.3) is 11.3 Å². The summed E-state index contributed by atoms with van der Waals surface area (Å²) >= 11 is 1.56. The minimum atomic E-state index is -0.376. The number of ether oxygens (including phenoxy) is 3. The summed E-state index contributed by atoms with van der Waals surface area (Å²) in [5.41, 5.74) is 2.66. The van der Waals surface area contributed by atoms with Crippen molar-refractivity contribution in [2.75, 3.05) is 20.8 Å². The average Bonchev–Trinajstić information content (AvgIpc) is 3.65. The highest BCUT2D eigenvalue weighted by atomic mass is 32.1. The summed E-state index contributed by atoms with van der Waals surface area (Å²) in [5.74, 6) is 1.56. The Hall–Kier alpha value is -4.44. The summed E-state index contributed by atoms with van der Waals surface area (Å²) in [4.78, 5) is 27.3. The molecule has 0 spiro atoms. The van der Waals surface area contributed by atoms with Crippen molar-refractivity contribution in [3.8, 4) is 28.5 Å². The molecule has 1 aliphatic heterocycles. The first-order valence-electron chi connectivity index (χ1n) is 12.5.